The third-order valence-corrected chi connectivity index (χ3v) is 5.07. The molecular weight excluding hydrogens is 383 g/mol. The lowest BCUT2D eigenvalue weighted by molar-refractivity contribution is 0.100. The molecule has 0 aliphatic carbocycles. The van der Waals surface area contributed by atoms with Crippen LogP contribution in [0.3, 0.4) is 0 Å². The van der Waals surface area contributed by atoms with Crippen molar-refractivity contribution in [3.05, 3.63) is 65.2 Å². The molecule has 3 aromatic rings. The number of likely N-dealkylation sites (tertiary alicyclic amines) is 1. The Balaban J connectivity index is 1.76. The predicted molar refractivity (Wildman–Crippen MR) is 102 cm³/mol. The van der Waals surface area contributed by atoms with Crippen molar-refractivity contribution < 1.29 is 18.0 Å². The maximum absolute atomic E-state index is 14.5. The summed E-state index contributed by atoms with van der Waals surface area (Å²) in [4.78, 5) is 22.1. The molecule has 1 amide bonds. The Hall–Kier alpha value is -3.20. The number of fused-ring (bicyclic) bond motifs is 1. The number of nitrogens with zero attached hydrogens (tertiary/aromatic N) is 3. The van der Waals surface area contributed by atoms with Crippen LogP contribution in [0.1, 0.15) is 28.4 Å². The van der Waals surface area contributed by atoms with E-state index in [9.17, 15) is 18.0 Å². The number of carbonyl (C=O) groups excluding carboxylic acids is 1. The highest BCUT2D eigenvalue weighted by Gasteiger charge is 2.26. The average molecular weight is 401 g/mol. The first-order valence-electron chi connectivity index (χ1n) is 9.11. The van der Waals surface area contributed by atoms with Crippen molar-refractivity contribution in [2.24, 2.45) is 5.73 Å². The van der Waals surface area contributed by atoms with Crippen LogP contribution < -0.4 is 11.1 Å². The minimum absolute atomic E-state index is 0.00591. The van der Waals surface area contributed by atoms with Crippen LogP contribution in [-0.2, 0) is 0 Å². The van der Waals surface area contributed by atoms with Gasteiger partial charge in [-0.3, -0.25) is 4.79 Å². The Kier molecular flexibility index (Phi) is 5.06. The standard InChI is InChI=1S/C20H18F3N5O/c21-14-6-5-11(16(22)17(14)23)15(9-28-7-2-8-28)27-20-13-4-1-3-12(19(24)29)18(13)25-10-26-20/h1,3-6,10,15H,2,7-9H2,(H2,24,29)(H,25,26,27)/t15-/m1/s1. The van der Waals surface area contributed by atoms with E-state index in [0.29, 0.717) is 23.3 Å². The van der Waals surface area contributed by atoms with Gasteiger partial charge in [-0.05, 0) is 37.7 Å². The van der Waals surface area contributed by atoms with Crippen LogP contribution in [-0.4, -0.2) is 40.4 Å². The third kappa shape index (κ3) is 3.61. The zero-order chi connectivity index (χ0) is 20.5. The molecule has 2 heterocycles. The molecule has 150 valence electrons. The van der Waals surface area contributed by atoms with Gasteiger partial charge in [0.15, 0.2) is 17.5 Å². The Morgan fingerprint density at radius 2 is 1.93 bits per heavy atom. The van der Waals surface area contributed by atoms with Gasteiger partial charge in [0.05, 0.1) is 17.1 Å². The molecular formula is C20H18F3N5O. The van der Waals surface area contributed by atoms with Crippen LogP contribution >= 0.6 is 0 Å². The monoisotopic (exact) mass is 401 g/mol. The molecule has 1 saturated heterocycles. The van der Waals surface area contributed by atoms with Crippen molar-refractivity contribution in [1.82, 2.24) is 14.9 Å². The zero-order valence-electron chi connectivity index (χ0n) is 15.3. The van der Waals surface area contributed by atoms with E-state index in [4.69, 9.17) is 5.73 Å². The van der Waals surface area contributed by atoms with Crippen LogP contribution in [0.2, 0.25) is 0 Å². The number of aromatic nitrogens is 2. The molecule has 1 aliphatic heterocycles. The second-order valence-corrected chi connectivity index (χ2v) is 6.90. The number of hydrogen-bond acceptors (Lipinski definition) is 5. The number of primary amides is 1. The molecule has 1 aromatic heterocycles. The van der Waals surface area contributed by atoms with Gasteiger partial charge in [-0.15, -0.1) is 0 Å². The molecule has 4 rings (SSSR count). The second kappa shape index (κ2) is 7.67. The number of hydrogen-bond donors (Lipinski definition) is 2. The fourth-order valence-electron chi connectivity index (χ4n) is 3.42. The molecule has 6 nitrogen and oxygen atoms in total. The Morgan fingerprint density at radius 3 is 2.62 bits per heavy atom. The van der Waals surface area contributed by atoms with Gasteiger partial charge in [0.2, 0.25) is 0 Å². The van der Waals surface area contributed by atoms with E-state index in [1.165, 1.54) is 12.4 Å². The number of benzene rings is 2. The van der Waals surface area contributed by atoms with Crippen molar-refractivity contribution in [3.63, 3.8) is 0 Å². The molecule has 0 spiro atoms. The molecule has 9 heteroatoms. The number of nitrogens with two attached hydrogens (primary N) is 1. The molecule has 0 radical (unpaired) electrons. The fourth-order valence-corrected chi connectivity index (χ4v) is 3.42. The first-order valence-corrected chi connectivity index (χ1v) is 9.11. The van der Waals surface area contributed by atoms with Gasteiger partial charge in [-0.1, -0.05) is 12.1 Å². The summed E-state index contributed by atoms with van der Waals surface area (Å²) in [5.74, 6) is -4.29. The van der Waals surface area contributed by atoms with Gasteiger partial charge in [0, 0.05) is 17.5 Å². The third-order valence-electron chi connectivity index (χ3n) is 5.07. The van der Waals surface area contributed by atoms with E-state index in [-0.39, 0.29) is 11.1 Å². The van der Waals surface area contributed by atoms with Gasteiger partial charge in [-0.25, -0.2) is 23.1 Å². The maximum atomic E-state index is 14.5. The summed E-state index contributed by atoms with van der Waals surface area (Å²) < 4.78 is 41.8. The number of carbonyl (C=O) groups is 1. The molecule has 0 bridgehead atoms. The number of nitrogens with one attached hydrogen (secondary N) is 1. The summed E-state index contributed by atoms with van der Waals surface area (Å²) in [6.45, 7) is 2.04. The Morgan fingerprint density at radius 1 is 1.14 bits per heavy atom. The van der Waals surface area contributed by atoms with E-state index >= 15 is 0 Å². The first kappa shape index (κ1) is 19.1. The van der Waals surface area contributed by atoms with Crippen molar-refractivity contribution >= 4 is 22.6 Å². The highest BCUT2D eigenvalue weighted by atomic mass is 19.2. The molecule has 1 aliphatic rings. The number of amides is 1. The second-order valence-electron chi connectivity index (χ2n) is 6.90. The Labute approximate surface area is 164 Å². The highest BCUT2D eigenvalue weighted by molar-refractivity contribution is 6.06. The van der Waals surface area contributed by atoms with Gasteiger partial charge in [0.25, 0.3) is 5.91 Å². The van der Waals surface area contributed by atoms with Gasteiger partial charge >= 0.3 is 0 Å². The average Bonchev–Trinajstić information content (AvgIpc) is 2.68. The summed E-state index contributed by atoms with van der Waals surface area (Å²) >= 11 is 0. The number of para-hydroxylation sites is 1. The lowest BCUT2D eigenvalue weighted by Gasteiger charge is -2.35. The van der Waals surface area contributed by atoms with Crippen LogP contribution in [0.4, 0.5) is 19.0 Å². The first-order chi connectivity index (χ1) is 14.0. The molecule has 1 fully saturated rings. The SMILES string of the molecule is NC(=O)c1cccc2c(N[C@H](CN3CCC3)c3ccc(F)c(F)c3F)ncnc12. The quantitative estimate of drug-likeness (QED) is 0.621. The van der Waals surface area contributed by atoms with E-state index in [1.54, 1.807) is 18.2 Å². The van der Waals surface area contributed by atoms with Crippen LogP contribution in [0.5, 0.6) is 0 Å². The maximum Gasteiger partial charge on any atom is 0.250 e. The highest BCUT2D eigenvalue weighted by Crippen LogP contribution is 2.29. The van der Waals surface area contributed by atoms with Crippen molar-refractivity contribution in [2.75, 3.05) is 25.0 Å². The number of rotatable bonds is 6. The lowest BCUT2D eigenvalue weighted by atomic mass is 10.0. The molecule has 1 atom stereocenters. The van der Waals surface area contributed by atoms with Gasteiger partial charge in [0.1, 0.15) is 12.1 Å². The number of halogens is 3. The van der Waals surface area contributed by atoms with E-state index in [0.717, 1.165) is 25.6 Å². The largest absolute Gasteiger partial charge is 0.366 e. The smallest absolute Gasteiger partial charge is 0.250 e. The van der Waals surface area contributed by atoms with Crippen LogP contribution in [0, 0.1) is 17.5 Å². The van der Waals surface area contributed by atoms with E-state index in [1.807, 2.05) is 0 Å². The van der Waals surface area contributed by atoms with E-state index < -0.39 is 29.4 Å². The fraction of sp³-hybridized carbons (Fsp3) is 0.250. The molecule has 0 saturated carbocycles. The summed E-state index contributed by atoms with van der Waals surface area (Å²) in [6, 6.07) is 6.33. The summed E-state index contributed by atoms with van der Waals surface area (Å²) in [7, 11) is 0. The van der Waals surface area contributed by atoms with E-state index in [2.05, 4.69) is 20.2 Å². The molecule has 3 N–H and O–H groups in total. The normalized spacial score (nSPS) is 15.1. The number of anilines is 1. The topological polar surface area (TPSA) is 84.1 Å². The predicted octanol–water partition coefficient (Wildman–Crippen LogP) is 3.00. The van der Waals surface area contributed by atoms with Crippen molar-refractivity contribution in [3.8, 4) is 0 Å². The Bertz CT molecular complexity index is 1090. The zero-order valence-corrected chi connectivity index (χ0v) is 15.3. The summed E-state index contributed by atoms with van der Waals surface area (Å²) in [6.07, 6.45) is 2.28. The lowest BCUT2D eigenvalue weighted by Crippen LogP contribution is -2.41. The summed E-state index contributed by atoms with van der Waals surface area (Å²) in [5, 5.41) is 3.63. The van der Waals surface area contributed by atoms with Gasteiger partial charge in [-0.2, -0.15) is 0 Å². The molecule has 2 aromatic carbocycles. The minimum Gasteiger partial charge on any atom is -0.366 e. The van der Waals surface area contributed by atoms with Crippen LogP contribution in [0.15, 0.2) is 36.7 Å². The van der Waals surface area contributed by atoms with Crippen molar-refractivity contribution in [1.29, 1.82) is 0 Å². The summed E-state index contributed by atoms with van der Waals surface area (Å²) in [5.41, 5.74) is 5.99. The molecule has 0 unspecified atom stereocenters. The van der Waals surface area contributed by atoms with Crippen molar-refractivity contribution in [2.45, 2.75) is 12.5 Å². The molecule has 29 heavy (non-hydrogen) atoms. The van der Waals surface area contributed by atoms with Crippen LogP contribution in [0.25, 0.3) is 10.9 Å². The minimum atomic E-state index is -1.51. The van der Waals surface area contributed by atoms with Gasteiger partial charge < -0.3 is 16.0 Å².